The Morgan fingerprint density at radius 3 is 3.00 bits per heavy atom. The van der Waals surface area contributed by atoms with Gasteiger partial charge in [-0.3, -0.25) is 9.78 Å². The number of hydrogen-bond acceptors (Lipinski definition) is 3. The van der Waals surface area contributed by atoms with E-state index in [1.165, 1.54) is 0 Å². The Bertz CT molecular complexity index is 758. The van der Waals surface area contributed by atoms with Gasteiger partial charge in [0, 0.05) is 30.4 Å². The van der Waals surface area contributed by atoms with Gasteiger partial charge in [-0.1, -0.05) is 6.07 Å². The smallest absolute Gasteiger partial charge is 0.268 e. The Kier molecular flexibility index (Phi) is 3.75. The van der Waals surface area contributed by atoms with Crippen molar-refractivity contribution in [3.63, 3.8) is 0 Å². The lowest BCUT2D eigenvalue weighted by molar-refractivity contribution is 0.0940. The fourth-order valence-corrected chi connectivity index (χ4v) is 3.44. The average molecular weight is 299 g/mol. The highest BCUT2D eigenvalue weighted by Crippen LogP contribution is 2.28. The number of carbonyl (C=O) groups is 1. The van der Waals surface area contributed by atoms with Crippen LogP contribution in [0.2, 0.25) is 0 Å². The topological polar surface area (TPSA) is 46.9 Å². The Balaban J connectivity index is 1.84. The summed E-state index contributed by atoms with van der Waals surface area (Å²) in [6.07, 6.45) is 3.49. The van der Waals surface area contributed by atoms with E-state index in [1.807, 2.05) is 18.2 Å². The summed E-state index contributed by atoms with van der Waals surface area (Å²) in [5.41, 5.74) is 1.71. The molecule has 3 aromatic rings. The van der Waals surface area contributed by atoms with Crippen molar-refractivity contribution >= 4 is 27.5 Å². The number of thiophene rings is 1. The van der Waals surface area contributed by atoms with Gasteiger partial charge >= 0.3 is 0 Å². The highest BCUT2D eigenvalue weighted by molar-refractivity contribution is 7.16. The molecule has 5 heteroatoms. The summed E-state index contributed by atoms with van der Waals surface area (Å²) in [6, 6.07) is 8.09. The number of pyridine rings is 1. The molecule has 3 rings (SSSR count). The molecule has 0 fully saturated rings. The molecule has 0 spiro atoms. The minimum absolute atomic E-state index is 0.0454. The molecule has 0 saturated heterocycles. The first-order chi connectivity index (χ1) is 10.2. The summed E-state index contributed by atoms with van der Waals surface area (Å²) in [5, 5.41) is 6.15. The van der Waals surface area contributed by atoms with Crippen LogP contribution in [0, 0.1) is 0 Å². The molecule has 0 aliphatic carbocycles. The van der Waals surface area contributed by atoms with Crippen molar-refractivity contribution in [2.24, 2.45) is 0 Å². The van der Waals surface area contributed by atoms with E-state index in [0.717, 1.165) is 21.5 Å². The molecule has 3 heterocycles. The van der Waals surface area contributed by atoms with Crippen molar-refractivity contribution in [1.82, 2.24) is 14.9 Å². The Labute approximate surface area is 127 Å². The maximum absolute atomic E-state index is 12.5. The first-order valence-corrected chi connectivity index (χ1v) is 7.80. The molecule has 0 atom stereocenters. The van der Waals surface area contributed by atoms with E-state index < -0.39 is 0 Å². The van der Waals surface area contributed by atoms with E-state index in [4.69, 9.17) is 0 Å². The van der Waals surface area contributed by atoms with Gasteiger partial charge in [0.1, 0.15) is 10.5 Å². The van der Waals surface area contributed by atoms with Crippen LogP contribution in [-0.2, 0) is 6.54 Å². The van der Waals surface area contributed by atoms with Crippen LogP contribution in [0.4, 0.5) is 0 Å². The highest BCUT2D eigenvalue weighted by atomic mass is 32.1. The van der Waals surface area contributed by atoms with Crippen molar-refractivity contribution in [1.29, 1.82) is 0 Å². The number of aromatic nitrogens is 2. The number of carbonyl (C=O) groups excluding carboxylic acids is 1. The molecule has 3 aromatic heterocycles. The van der Waals surface area contributed by atoms with Gasteiger partial charge in [0.2, 0.25) is 0 Å². The number of amides is 1. The van der Waals surface area contributed by atoms with Crippen LogP contribution < -0.4 is 5.32 Å². The van der Waals surface area contributed by atoms with Crippen LogP contribution in [0.15, 0.2) is 42.0 Å². The van der Waals surface area contributed by atoms with Gasteiger partial charge in [-0.05, 0) is 43.0 Å². The molecule has 0 saturated carbocycles. The number of nitrogens with one attached hydrogen (secondary N) is 1. The standard InChI is InChI=1S/C16H17N3OS/c1-11(2)19-14(8-13-5-7-21-16(13)19)15(20)18-10-12-4-3-6-17-9-12/h3-9,11H,10H2,1-2H3,(H,18,20). The van der Waals surface area contributed by atoms with Gasteiger partial charge in [-0.15, -0.1) is 11.3 Å². The molecule has 1 N–H and O–H groups in total. The van der Waals surface area contributed by atoms with Crippen molar-refractivity contribution < 1.29 is 4.79 Å². The molecule has 0 unspecified atom stereocenters. The second-order valence-corrected chi connectivity index (χ2v) is 6.11. The quantitative estimate of drug-likeness (QED) is 0.800. The zero-order valence-corrected chi connectivity index (χ0v) is 12.9. The van der Waals surface area contributed by atoms with Crippen LogP contribution in [-0.4, -0.2) is 15.5 Å². The Morgan fingerprint density at radius 2 is 2.29 bits per heavy atom. The maximum Gasteiger partial charge on any atom is 0.268 e. The van der Waals surface area contributed by atoms with E-state index in [0.29, 0.717) is 6.54 Å². The SMILES string of the molecule is CC(C)n1c(C(=O)NCc2cccnc2)cc2ccsc21. The van der Waals surface area contributed by atoms with Crippen molar-refractivity contribution in [3.05, 3.63) is 53.3 Å². The number of fused-ring (bicyclic) bond motifs is 1. The normalized spacial score (nSPS) is 11.2. The monoisotopic (exact) mass is 299 g/mol. The van der Waals surface area contributed by atoms with E-state index in [1.54, 1.807) is 23.7 Å². The summed E-state index contributed by atoms with van der Waals surface area (Å²) >= 11 is 1.67. The van der Waals surface area contributed by atoms with E-state index in [9.17, 15) is 4.79 Å². The van der Waals surface area contributed by atoms with Crippen molar-refractivity contribution in [2.75, 3.05) is 0 Å². The second kappa shape index (κ2) is 5.69. The van der Waals surface area contributed by atoms with Crippen LogP contribution in [0.1, 0.15) is 35.9 Å². The average Bonchev–Trinajstić information content (AvgIpc) is 3.05. The zero-order valence-electron chi connectivity index (χ0n) is 12.0. The molecule has 1 amide bonds. The number of nitrogens with zero attached hydrogens (tertiary/aromatic N) is 2. The van der Waals surface area contributed by atoms with Gasteiger partial charge in [0.25, 0.3) is 5.91 Å². The Morgan fingerprint density at radius 1 is 1.43 bits per heavy atom. The van der Waals surface area contributed by atoms with Crippen LogP contribution in [0.25, 0.3) is 10.2 Å². The summed E-state index contributed by atoms with van der Waals surface area (Å²) < 4.78 is 2.10. The molecule has 0 aliphatic rings. The van der Waals surface area contributed by atoms with Gasteiger partial charge in [-0.25, -0.2) is 0 Å². The molecule has 0 aromatic carbocycles. The fourth-order valence-electron chi connectivity index (χ4n) is 2.41. The maximum atomic E-state index is 12.5. The summed E-state index contributed by atoms with van der Waals surface area (Å²) in [6.45, 7) is 4.68. The predicted molar refractivity (Wildman–Crippen MR) is 85.6 cm³/mol. The lowest BCUT2D eigenvalue weighted by Gasteiger charge is -2.13. The molecule has 108 valence electrons. The molecular formula is C16H17N3OS. The fraction of sp³-hybridized carbons (Fsp3) is 0.250. The molecule has 4 nitrogen and oxygen atoms in total. The van der Waals surface area contributed by atoms with Gasteiger partial charge in [0.15, 0.2) is 0 Å². The van der Waals surface area contributed by atoms with Crippen LogP contribution >= 0.6 is 11.3 Å². The summed E-state index contributed by atoms with van der Waals surface area (Å²) in [7, 11) is 0. The van der Waals surface area contributed by atoms with Gasteiger partial charge in [-0.2, -0.15) is 0 Å². The zero-order chi connectivity index (χ0) is 14.8. The summed E-state index contributed by atoms with van der Waals surface area (Å²) in [5.74, 6) is -0.0454. The summed E-state index contributed by atoms with van der Waals surface area (Å²) in [4.78, 5) is 17.7. The third-order valence-corrected chi connectivity index (χ3v) is 4.30. The van der Waals surface area contributed by atoms with E-state index in [2.05, 4.69) is 40.2 Å². The van der Waals surface area contributed by atoms with E-state index >= 15 is 0 Å². The minimum Gasteiger partial charge on any atom is -0.347 e. The molecule has 0 aliphatic heterocycles. The molecule has 21 heavy (non-hydrogen) atoms. The predicted octanol–water partition coefficient (Wildman–Crippen LogP) is 3.61. The first-order valence-electron chi connectivity index (χ1n) is 6.92. The Hall–Kier alpha value is -2.14. The molecular weight excluding hydrogens is 282 g/mol. The largest absolute Gasteiger partial charge is 0.347 e. The first kappa shape index (κ1) is 13.8. The van der Waals surface area contributed by atoms with Gasteiger partial charge < -0.3 is 9.88 Å². The van der Waals surface area contributed by atoms with E-state index in [-0.39, 0.29) is 11.9 Å². The van der Waals surface area contributed by atoms with Crippen LogP contribution in [0.3, 0.4) is 0 Å². The molecule has 0 bridgehead atoms. The molecule has 0 radical (unpaired) electrons. The number of rotatable bonds is 4. The van der Waals surface area contributed by atoms with Crippen LogP contribution in [0.5, 0.6) is 0 Å². The van der Waals surface area contributed by atoms with Gasteiger partial charge in [0.05, 0.1) is 0 Å². The van der Waals surface area contributed by atoms with Crippen molar-refractivity contribution in [3.8, 4) is 0 Å². The lowest BCUT2D eigenvalue weighted by Crippen LogP contribution is -2.26. The highest BCUT2D eigenvalue weighted by Gasteiger charge is 2.18. The number of hydrogen-bond donors (Lipinski definition) is 1. The van der Waals surface area contributed by atoms with Crippen molar-refractivity contribution in [2.45, 2.75) is 26.4 Å². The second-order valence-electron chi connectivity index (χ2n) is 5.22. The third kappa shape index (κ3) is 2.69. The third-order valence-electron chi connectivity index (χ3n) is 3.37. The lowest BCUT2D eigenvalue weighted by atomic mass is 10.2. The minimum atomic E-state index is -0.0454.